The number of fused-ring (bicyclic) bond motifs is 4. The van der Waals surface area contributed by atoms with E-state index in [1.165, 1.54) is 58.9 Å². The van der Waals surface area contributed by atoms with Gasteiger partial charge >= 0.3 is 0 Å². The fourth-order valence-electron chi connectivity index (χ4n) is 4.10. The van der Waals surface area contributed by atoms with Crippen molar-refractivity contribution in [2.45, 2.75) is 20.8 Å². The van der Waals surface area contributed by atoms with E-state index in [-0.39, 0.29) is 0 Å². The minimum Gasteiger partial charge on any atom is -0.200 e. The lowest BCUT2D eigenvalue weighted by Crippen LogP contribution is -2.30. The zero-order valence-electron chi connectivity index (χ0n) is 16.1. The summed E-state index contributed by atoms with van der Waals surface area (Å²) in [4.78, 5) is 0. The van der Waals surface area contributed by atoms with Gasteiger partial charge in [0.05, 0.1) is 5.39 Å². The first kappa shape index (κ1) is 16.5. The second kappa shape index (κ2) is 5.90. The van der Waals surface area contributed by atoms with Crippen LogP contribution in [0.15, 0.2) is 60.8 Å². The van der Waals surface area contributed by atoms with Gasteiger partial charge in [-0.2, -0.15) is 0 Å². The van der Waals surface area contributed by atoms with E-state index >= 15 is 0 Å². The summed E-state index contributed by atoms with van der Waals surface area (Å²) in [6.45, 7) is 6.51. The van der Waals surface area contributed by atoms with Crippen LogP contribution in [0, 0.1) is 20.8 Å². The van der Waals surface area contributed by atoms with Crippen molar-refractivity contribution >= 4 is 42.3 Å². The van der Waals surface area contributed by atoms with E-state index in [0.717, 1.165) is 0 Å². The molecule has 0 aliphatic rings. The summed E-state index contributed by atoms with van der Waals surface area (Å²) >= 11 is 1.90. The van der Waals surface area contributed by atoms with E-state index in [9.17, 15) is 0 Å². The zero-order chi connectivity index (χ0) is 18.7. The van der Waals surface area contributed by atoms with Crippen molar-refractivity contribution in [3.8, 4) is 11.3 Å². The number of benzene rings is 3. The molecular formula is C25H22NS+. The molecule has 0 fully saturated rings. The Morgan fingerprint density at radius 2 is 1.44 bits per heavy atom. The quantitative estimate of drug-likeness (QED) is 0.293. The van der Waals surface area contributed by atoms with Gasteiger partial charge in [-0.3, -0.25) is 0 Å². The summed E-state index contributed by atoms with van der Waals surface area (Å²) in [5, 5.41) is 5.34. The fraction of sp³-hybridized carbons (Fsp3) is 0.160. The number of aryl methyl sites for hydroxylation is 4. The van der Waals surface area contributed by atoms with Crippen LogP contribution >= 0.6 is 11.3 Å². The van der Waals surface area contributed by atoms with Gasteiger partial charge in [0, 0.05) is 26.4 Å². The van der Waals surface area contributed by atoms with Crippen LogP contribution in [0.5, 0.6) is 0 Å². The molecule has 0 spiro atoms. The summed E-state index contributed by atoms with van der Waals surface area (Å²) in [5.74, 6) is 0. The van der Waals surface area contributed by atoms with Gasteiger partial charge in [-0.25, -0.2) is 4.57 Å². The average Bonchev–Trinajstić information content (AvgIpc) is 2.96. The number of hydrogen-bond donors (Lipinski definition) is 0. The summed E-state index contributed by atoms with van der Waals surface area (Å²) in [5.41, 5.74) is 6.53. The summed E-state index contributed by atoms with van der Waals surface area (Å²) in [7, 11) is 2.15. The Balaban J connectivity index is 1.80. The van der Waals surface area contributed by atoms with Gasteiger partial charge in [-0.1, -0.05) is 41.5 Å². The Bertz CT molecular complexity index is 1360. The Labute approximate surface area is 163 Å². The highest BCUT2D eigenvalue weighted by atomic mass is 32.1. The van der Waals surface area contributed by atoms with Gasteiger partial charge < -0.3 is 0 Å². The molecule has 0 amide bonds. The van der Waals surface area contributed by atoms with Crippen LogP contribution in [0.4, 0.5) is 0 Å². The first-order chi connectivity index (χ1) is 13.0. The van der Waals surface area contributed by atoms with E-state index in [2.05, 4.69) is 93.2 Å². The topological polar surface area (TPSA) is 3.88 Å². The van der Waals surface area contributed by atoms with Crippen LogP contribution in [0.1, 0.15) is 16.7 Å². The third kappa shape index (κ3) is 2.64. The van der Waals surface area contributed by atoms with Crippen molar-refractivity contribution in [1.82, 2.24) is 0 Å². The number of pyridine rings is 1. The lowest BCUT2D eigenvalue weighted by Gasteiger charge is -2.06. The number of hydrogen-bond acceptors (Lipinski definition) is 1. The maximum atomic E-state index is 2.35. The molecule has 0 aliphatic carbocycles. The first-order valence-corrected chi connectivity index (χ1v) is 10.2. The molecule has 27 heavy (non-hydrogen) atoms. The smallest absolute Gasteiger partial charge is 0.200 e. The van der Waals surface area contributed by atoms with Gasteiger partial charge in [0.25, 0.3) is 0 Å². The molecule has 0 N–H and O–H groups in total. The highest BCUT2D eigenvalue weighted by Gasteiger charge is 2.17. The lowest BCUT2D eigenvalue weighted by molar-refractivity contribution is -0.659. The molecule has 0 aliphatic heterocycles. The molecule has 0 saturated heterocycles. The van der Waals surface area contributed by atoms with Crippen LogP contribution < -0.4 is 4.57 Å². The zero-order valence-corrected chi connectivity index (χ0v) is 16.9. The SMILES string of the molecule is Cc1ccc(-c2cc3sc4cc5cc(C)ccc5cc4c3c[n+]2C)c(C)c1. The Morgan fingerprint density at radius 1 is 0.704 bits per heavy atom. The normalized spacial score (nSPS) is 11.7. The molecule has 0 radical (unpaired) electrons. The van der Waals surface area contributed by atoms with Crippen molar-refractivity contribution in [3.63, 3.8) is 0 Å². The van der Waals surface area contributed by atoms with Gasteiger partial charge in [0.15, 0.2) is 6.20 Å². The third-order valence-corrected chi connectivity index (χ3v) is 6.61. The lowest BCUT2D eigenvalue weighted by atomic mass is 10.0. The molecular weight excluding hydrogens is 346 g/mol. The van der Waals surface area contributed by atoms with Crippen molar-refractivity contribution < 1.29 is 4.57 Å². The maximum Gasteiger partial charge on any atom is 0.213 e. The monoisotopic (exact) mass is 368 g/mol. The molecule has 2 heteroatoms. The molecule has 2 aromatic heterocycles. The number of rotatable bonds is 1. The largest absolute Gasteiger partial charge is 0.213 e. The van der Waals surface area contributed by atoms with Gasteiger partial charge in [-0.15, -0.1) is 11.3 Å². The predicted octanol–water partition coefficient (Wildman–Crippen LogP) is 6.62. The Kier molecular flexibility index (Phi) is 3.60. The van der Waals surface area contributed by atoms with E-state index in [1.807, 2.05) is 11.3 Å². The first-order valence-electron chi connectivity index (χ1n) is 9.33. The van der Waals surface area contributed by atoms with Crippen LogP contribution in [-0.2, 0) is 7.05 Å². The van der Waals surface area contributed by atoms with Crippen molar-refractivity contribution in [3.05, 3.63) is 77.5 Å². The van der Waals surface area contributed by atoms with E-state index in [1.54, 1.807) is 0 Å². The van der Waals surface area contributed by atoms with Crippen LogP contribution in [0.25, 0.3) is 42.2 Å². The van der Waals surface area contributed by atoms with Crippen LogP contribution in [0.2, 0.25) is 0 Å². The van der Waals surface area contributed by atoms with E-state index < -0.39 is 0 Å². The molecule has 0 unspecified atom stereocenters. The molecule has 5 rings (SSSR count). The number of nitrogens with zero attached hydrogens (tertiary/aromatic N) is 1. The molecule has 2 heterocycles. The fourth-order valence-corrected chi connectivity index (χ4v) is 5.24. The minimum absolute atomic E-state index is 1.27. The maximum absolute atomic E-state index is 2.35. The minimum atomic E-state index is 1.27. The molecule has 3 aromatic carbocycles. The Hall–Kier alpha value is -2.71. The van der Waals surface area contributed by atoms with Gasteiger partial charge in [-0.05, 0) is 55.3 Å². The van der Waals surface area contributed by atoms with Crippen LogP contribution in [0.3, 0.4) is 0 Å². The summed E-state index contributed by atoms with van der Waals surface area (Å²) in [6.07, 6.45) is 2.29. The van der Waals surface area contributed by atoms with E-state index in [4.69, 9.17) is 0 Å². The van der Waals surface area contributed by atoms with Crippen molar-refractivity contribution in [2.24, 2.45) is 7.05 Å². The summed E-state index contributed by atoms with van der Waals surface area (Å²) < 4.78 is 4.98. The second-order valence-electron chi connectivity index (χ2n) is 7.67. The molecule has 0 bridgehead atoms. The third-order valence-electron chi connectivity index (χ3n) is 5.50. The molecule has 132 valence electrons. The number of aromatic nitrogens is 1. The molecule has 0 saturated carbocycles. The molecule has 5 aromatic rings. The predicted molar refractivity (Wildman–Crippen MR) is 118 cm³/mol. The van der Waals surface area contributed by atoms with Crippen molar-refractivity contribution in [1.29, 1.82) is 0 Å². The molecule has 1 nitrogen and oxygen atoms in total. The summed E-state index contributed by atoms with van der Waals surface area (Å²) in [6, 6.07) is 20.5. The Morgan fingerprint density at radius 3 is 2.26 bits per heavy atom. The van der Waals surface area contributed by atoms with Crippen LogP contribution in [-0.4, -0.2) is 0 Å². The molecule has 0 atom stereocenters. The van der Waals surface area contributed by atoms with Gasteiger partial charge in [0.2, 0.25) is 5.69 Å². The van der Waals surface area contributed by atoms with Gasteiger partial charge in [0.1, 0.15) is 7.05 Å². The van der Waals surface area contributed by atoms with Crippen molar-refractivity contribution in [2.75, 3.05) is 0 Å². The highest BCUT2D eigenvalue weighted by molar-refractivity contribution is 7.25. The van der Waals surface area contributed by atoms with E-state index in [0.29, 0.717) is 0 Å². The number of thiophene rings is 1. The highest BCUT2D eigenvalue weighted by Crippen LogP contribution is 2.37. The second-order valence-corrected chi connectivity index (χ2v) is 8.75. The average molecular weight is 369 g/mol. The standard InChI is InChI=1S/C25H22NS/c1-15-6-8-20(17(3)9-15)23-13-25-22(14-26(23)4)21-11-18-7-5-16(2)10-19(18)12-24(21)27-25/h5-14H,1-4H3/q+1.